The Morgan fingerprint density at radius 3 is 2.50 bits per heavy atom. The number of nitrogens with one attached hydrogen (secondary N) is 1. The minimum Gasteiger partial charge on any atom is -0.272 e. The Labute approximate surface area is 215 Å². The molecule has 172 valence electrons. The van der Waals surface area contributed by atoms with E-state index in [0.717, 1.165) is 16.8 Å². The SMILES string of the molecule is Cc1ccc(-n2c(SCC(=O)NN=Cc3cccc(Cl)c3Cl)nnc2-c2ccc(Cl)cc2)cc1. The Balaban J connectivity index is 1.51. The predicted octanol–water partition coefficient (Wildman–Crippen LogP) is 6.45. The zero-order chi connectivity index (χ0) is 24.1. The summed E-state index contributed by atoms with van der Waals surface area (Å²) in [4.78, 5) is 12.4. The van der Waals surface area contributed by atoms with E-state index in [1.54, 1.807) is 30.3 Å². The maximum atomic E-state index is 12.4. The lowest BCUT2D eigenvalue weighted by Gasteiger charge is -2.10. The van der Waals surface area contributed by atoms with Crippen LogP contribution in [-0.2, 0) is 4.79 Å². The second kappa shape index (κ2) is 11.1. The lowest BCUT2D eigenvalue weighted by Crippen LogP contribution is -2.20. The van der Waals surface area contributed by atoms with Crippen molar-refractivity contribution in [3.8, 4) is 17.1 Å². The van der Waals surface area contributed by atoms with Gasteiger partial charge in [0.05, 0.1) is 22.0 Å². The van der Waals surface area contributed by atoms with Gasteiger partial charge >= 0.3 is 0 Å². The van der Waals surface area contributed by atoms with Crippen LogP contribution in [0.1, 0.15) is 11.1 Å². The normalized spacial score (nSPS) is 11.2. The number of hydrogen-bond acceptors (Lipinski definition) is 5. The van der Waals surface area contributed by atoms with Gasteiger partial charge in [-0.3, -0.25) is 9.36 Å². The van der Waals surface area contributed by atoms with Crippen molar-refractivity contribution in [3.63, 3.8) is 0 Å². The number of hydrazone groups is 1. The van der Waals surface area contributed by atoms with Crippen LogP contribution in [0.5, 0.6) is 0 Å². The minimum atomic E-state index is -0.300. The second-order valence-electron chi connectivity index (χ2n) is 7.21. The summed E-state index contributed by atoms with van der Waals surface area (Å²) in [5, 5.41) is 14.7. The number of carbonyl (C=O) groups is 1. The standard InChI is InChI=1S/C24H18Cl3N5OS/c1-15-5-11-19(12-6-15)32-23(16-7-9-18(25)10-8-16)30-31-24(32)34-14-21(33)29-28-13-17-3-2-4-20(26)22(17)27/h2-13H,14H2,1H3,(H,29,33). The van der Waals surface area contributed by atoms with Crippen molar-refractivity contribution in [2.24, 2.45) is 5.10 Å². The van der Waals surface area contributed by atoms with Crippen LogP contribution in [0.4, 0.5) is 0 Å². The zero-order valence-electron chi connectivity index (χ0n) is 17.9. The molecule has 1 amide bonds. The van der Waals surface area contributed by atoms with Crippen LogP contribution in [0, 0.1) is 6.92 Å². The van der Waals surface area contributed by atoms with E-state index < -0.39 is 0 Å². The summed E-state index contributed by atoms with van der Waals surface area (Å²) in [6.45, 7) is 2.02. The fourth-order valence-electron chi connectivity index (χ4n) is 3.03. The van der Waals surface area contributed by atoms with Gasteiger partial charge in [-0.1, -0.05) is 76.4 Å². The summed E-state index contributed by atoms with van der Waals surface area (Å²) in [5.41, 5.74) is 5.98. The Morgan fingerprint density at radius 2 is 1.76 bits per heavy atom. The molecule has 0 bridgehead atoms. The molecule has 0 aliphatic rings. The lowest BCUT2D eigenvalue weighted by molar-refractivity contribution is -0.118. The Morgan fingerprint density at radius 1 is 1.03 bits per heavy atom. The van der Waals surface area contributed by atoms with E-state index in [2.05, 4.69) is 20.7 Å². The Hall–Kier alpha value is -2.84. The number of nitrogens with zero attached hydrogens (tertiary/aromatic N) is 4. The first-order valence-electron chi connectivity index (χ1n) is 10.1. The topological polar surface area (TPSA) is 72.2 Å². The molecule has 0 aliphatic heterocycles. The van der Waals surface area contributed by atoms with E-state index in [9.17, 15) is 4.79 Å². The molecule has 0 fully saturated rings. The number of aromatic nitrogens is 3. The van der Waals surface area contributed by atoms with E-state index in [0.29, 0.717) is 31.6 Å². The molecule has 10 heteroatoms. The van der Waals surface area contributed by atoms with Crippen LogP contribution in [0.25, 0.3) is 17.1 Å². The van der Waals surface area contributed by atoms with Crippen molar-refractivity contribution in [1.82, 2.24) is 20.2 Å². The number of amides is 1. The third kappa shape index (κ3) is 5.80. The van der Waals surface area contributed by atoms with Gasteiger partial charge in [-0.15, -0.1) is 10.2 Å². The van der Waals surface area contributed by atoms with Crippen LogP contribution in [0.15, 0.2) is 77.0 Å². The molecule has 34 heavy (non-hydrogen) atoms. The lowest BCUT2D eigenvalue weighted by atomic mass is 10.2. The molecule has 0 aliphatic carbocycles. The summed E-state index contributed by atoms with van der Waals surface area (Å²) in [6, 6.07) is 20.5. The van der Waals surface area contributed by atoms with Gasteiger partial charge in [-0.2, -0.15) is 5.10 Å². The number of aryl methyl sites for hydroxylation is 1. The summed E-state index contributed by atoms with van der Waals surface area (Å²) in [6.07, 6.45) is 1.45. The number of thioether (sulfide) groups is 1. The van der Waals surface area contributed by atoms with E-state index in [1.807, 2.05) is 47.9 Å². The Kier molecular flexibility index (Phi) is 7.90. The van der Waals surface area contributed by atoms with Gasteiger partial charge in [0.25, 0.3) is 5.91 Å². The molecule has 0 spiro atoms. The average Bonchev–Trinajstić information content (AvgIpc) is 3.25. The number of hydrogen-bond donors (Lipinski definition) is 1. The minimum absolute atomic E-state index is 0.0885. The van der Waals surface area contributed by atoms with Crippen LogP contribution in [0.3, 0.4) is 0 Å². The van der Waals surface area contributed by atoms with E-state index >= 15 is 0 Å². The van der Waals surface area contributed by atoms with Crippen LogP contribution < -0.4 is 5.43 Å². The molecule has 0 saturated heterocycles. The molecule has 0 saturated carbocycles. The van der Waals surface area contributed by atoms with Crippen molar-refractivity contribution in [1.29, 1.82) is 0 Å². The largest absolute Gasteiger partial charge is 0.272 e. The van der Waals surface area contributed by atoms with Crippen LogP contribution in [-0.4, -0.2) is 32.6 Å². The quantitative estimate of drug-likeness (QED) is 0.169. The van der Waals surface area contributed by atoms with E-state index in [-0.39, 0.29) is 11.7 Å². The molecule has 4 aromatic rings. The van der Waals surface area contributed by atoms with Gasteiger partial charge in [0.1, 0.15) is 0 Å². The highest BCUT2D eigenvalue weighted by atomic mass is 35.5. The molecule has 1 heterocycles. The molecule has 0 radical (unpaired) electrons. The van der Waals surface area contributed by atoms with Crippen molar-refractivity contribution >= 4 is 58.7 Å². The van der Waals surface area contributed by atoms with Gasteiger partial charge in [0.15, 0.2) is 11.0 Å². The first-order valence-corrected chi connectivity index (χ1v) is 12.2. The van der Waals surface area contributed by atoms with Crippen molar-refractivity contribution in [2.45, 2.75) is 12.1 Å². The molecule has 0 unspecified atom stereocenters. The molecular weight excluding hydrogens is 513 g/mol. The number of benzene rings is 3. The first kappa shape index (κ1) is 24.3. The van der Waals surface area contributed by atoms with E-state index in [4.69, 9.17) is 34.8 Å². The second-order valence-corrected chi connectivity index (χ2v) is 9.37. The fourth-order valence-corrected chi connectivity index (χ4v) is 4.26. The van der Waals surface area contributed by atoms with Crippen molar-refractivity contribution in [3.05, 3.63) is 92.9 Å². The molecule has 3 aromatic carbocycles. The first-order chi connectivity index (χ1) is 16.4. The number of halogens is 3. The van der Waals surface area contributed by atoms with Crippen molar-refractivity contribution in [2.75, 3.05) is 5.75 Å². The number of rotatable bonds is 7. The Bertz CT molecular complexity index is 1340. The fraction of sp³-hybridized carbons (Fsp3) is 0.0833. The molecular formula is C24H18Cl3N5OS. The van der Waals surface area contributed by atoms with Crippen LogP contribution in [0.2, 0.25) is 15.1 Å². The van der Waals surface area contributed by atoms with Crippen molar-refractivity contribution < 1.29 is 4.79 Å². The monoisotopic (exact) mass is 529 g/mol. The molecule has 1 N–H and O–H groups in total. The van der Waals surface area contributed by atoms with Gasteiger partial charge in [-0.05, 0) is 49.4 Å². The molecule has 4 rings (SSSR count). The van der Waals surface area contributed by atoms with Gasteiger partial charge in [0.2, 0.25) is 0 Å². The van der Waals surface area contributed by atoms with Gasteiger partial charge < -0.3 is 0 Å². The third-order valence-electron chi connectivity index (χ3n) is 4.73. The maximum absolute atomic E-state index is 12.4. The molecule has 1 aromatic heterocycles. The predicted molar refractivity (Wildman–Crippen MR) is 139 cm³/mol. The summed E-state index contributed by atoms with van der Waals surface area (Å²) in [7, 11) is 0. The molecule has 6 nitrogen and oxygen atoms in total. The third-order valence-corrected chi connectivity index (χ3v) is 6.75. The smallest absolute Gasteiger partial charge is 0.250 e. The number of carbonyl (C=O) groups excluding carboxylic acids is 1. The highest BCUT2D eigenvalue weighted by molar-refractivity contribution is 7.99. The molecule has 0 atom stereocenters. The maximum Gasteiger partial charge on any atom is 0.250 e. The zero-order valence-corrected chi connectivity index (χ0v) is 21.0. The van der Waals surface area contributed by atoms with Gasteiger partial charge in [-0.25, -0.2) is 5.43 Å². The highest BCUT2D eigenvalue weighted by Crippen LogP contribution is 2.29. The summed E-state index contributed by atoms with van der Waals surface area (Å²) >= 11 is 19.4. The highest BCUT2D eigenvalue weighted by Gasteiger charge is 2.17. The van der Waals surface area contributed by atoms with E-state index in [1.165, 1.54) is 18.0 Å². The average molecular weight is 531 g/mol. The van der Waals surface area contributed by atoms with Crippen LogP contribution >= 0.6 is 46.6 Å². The summed E-state index contributed by atoms with van der Waals surface area (Å²) < 4.78 is 1.91. The van der Waals surface area contributed by atoms with Gasteiger partial charge in [0, 0.05) is 21.8 Å². The summed E-state index contributed by atoms with van der Waals surface area (Å²) in [5.74, 6) is 0.438.